The molecule has 1 atom stereocenters. The number of carbonyl (C=O) groups excluding carboxylic acids is 1. The molecular formula is C20H16N2O8S2. The Kier molecular flexibility index (Phi) is 7.05. The molecule has 1 amide bonds. The summed E-state index contributed by atoms with van der Waals surface area (Å²) in [6.45, 7) is 0. The van der Waals surface area contributed by atoms with Crippen molar-refractivity contribution in [3.05, 3.63) is 57.2 Å². The molecule has 12 heteroatoms. The minimum absolute atomic E-state index is 0.0492. The Morgan fingerprint density at radius 1 is 1.22 bits per heavy atom. The lowest BCUT2D eigenvalue weighted by Gasteiger charge is -2.22. The van der Waals surface area contributed by atoms with Gasteiger partial charge in [-0.25, -0.2) is 4.79 Å². The van der Waals surface area contributed by atoms with Crippen LogP contribution in [-0.2, 0) is 14.4 Å². The molecule has 1 unspecified atom stereocenters. The van der Waals surface area contributed by atoms with Gasteiger partial charge in [0.15, 0.2) is 0 Å². The lowest BCUT2D eigenvalue weighted by Crippen LogP contribution is -2.43. The van der Waals surface area contributed by atoms with E-state index in [0.717, 1.165) is 16.7 Å². The smallest absolute Gasteiger partial charge is 0.326 e. The average Bonchev–Trinajstić information content (AvgIpc) is 3.30. The van der Waals surface area contributed by atoms with Gasteiger partial charge >= 0.3 is 11.9 Å². The summed E-state index contributed by atoms with van der Waals surface area (Å²) in [7, 11) is 0. The number of thiocarbonyl (C=S) groups is 1. The zero-order valence-corrected chi connectivity index (χ0v) is 17.9. The lowest BCUT2D eigenvalue weighted by molar-refractivity contribution is -0.384. The molecule has 0 bridgehead atoms. The number of hydrogen-bond acceptors (Lipinski definition) is 8. The van der Waals surface area contributed by atoms with E-state index in [1.807, 2.05) is 0 Å². The highest BCUT2D eigenvalue weighted by Crippen LogP contribution is 2.36. The van der Waals surface area contributed by atoms with Gasteiger partial charge in [0, 0.05) is 30.2 Å². The summed E-state index contributed by atoms with van der Waals surface area (Å²) in [6, 6.07) is 7.74. The molecule has 32 heavy (non-hydrogen) atoms. The molecule has 1 saturated heterocycles. The number of hydrogen-bond donors (Lipinski definition) is 2. The summed E-state index contributed by atoms with van der Waals surface area (Å²) < 4.78 is 5.76. The number of carboxylic acids is 2. The first kappa shape index (κ1) is 23.2. The number of amides is 1. The molecule has 1 fully saturated rings. The van der Waals surface area contributed by atoms with Crippen molar-refractivity contribution < 1.29 is 33.9 Å². The van der Waals surface area contributed by atoms with Crippen LogP contribution in [0.1, 0.15) is 25.0 Å². The molecule has 2 heterocycles. The minimum atomic E-state index is -1.27. The van der Waals surface area contributed by atoms with Crippen LogP contribution in [0.2, 0.25) is 0 Å². The molecule has 1 aliphatic heterocycles. The van der Waals surface area contributed by atoms with Crippen molar-refractivity contribution in [3.63, 3.8) is 0 Å². The number of nitro benzene ring substituents is 1. The fourth-order valence-electron chi connectivity index (χ4n) is 3.02. The fourth-order valence-corrected chi connectivity index (χ4v) is 4.36. The van der Waals surface area contributed by atoms with Crippen molar-refractivity contribution in [2.24, 2.45) is 0 Å². The topological polar surface area (TPSA) is 151 Å². The van der Waals surface area contributed by atoms with Gasteiger partial charge in [0.2, 0.25) is 0 Å². The number of nitro groups is 1. The number of rotatable bonds is 9. The van der Waals surface area contributed by atoms with Crippen molar-refractivity contribution in [2.75, 3.05) is 0 Å². The van der Waals surface area contributed by atoms with Gasteiger partial charge in [-0.05, 0) is 37.1 Å². The molecular weight excluding hydrogens is 460 g/mol. The number of non-ortho nitro benzene ring substituents is 1. The summed E-state index contributed by atoms with van der Waals surface area (Å²) in [5.41, 5.74) is 0.549. The van der Waals surface area contributed by atoms with Crippen LogP contribution in [-0.4, -0.2) is 48.2 Å². The van der Waals surface area contributed by atoms with E-state index in [2.05, 4.69) is 0 Å². The third-order valence-electron chi connectivity index (χ3n) is 4.55. The number of aliphatic carboxylic acids is 2. The fraction of sp³-hybridized carbons (Fsp3) is 0.200. The first-order valence-electron chi connectivity index (χ1n) is 9.23. The zero-order chi connectivity index (χ0) is 23.4. The Balaban J connectivity index is 1.77. The Hall–Kier alpha value is -3.51. The Bertz CT molecular complexity index is 1120. The van der Waals surface area contributed by atoms with Crippen molar-refractivity contribution in [1.29, 1.82) is 0 Å². The number of thioether (sulfide) groups is 1. The zero-order valence-electron chi connectivity index (χ0n) is 16.3. The number of furan rings is 1. The van der Waals surface area contributed by atoms with E-state index in [4.69, 9.17) is 21.7 Å². The SMILES string of the molecule is O=C(O)CCCC(C(=O)O)N1C(=O)C(=Cc2ccc(-c3ccc([N+](=O)[O-])cc3)o2)SC1=S. The highest BCUT2D eigenvalue weighted by Gasteiger charge is 2.40. The van der Waals surface area contributed by atoms with Gasteiger partial charge in [0.1, 0.15) is 21.9 Å². The second kappa shape index (κ2) is 9.75. The molecule has 3 rings (SSSR count). The second-order valence-corrected chi connectivity index (χ2v) is 8.37. The highest BCUT2D eigenvalue weighted by atomic mass is 32.2. The minimum Gasteiger partial charge on any atom is -0.481 e. The molecule has 1 aromatic carbocycles. The van der Waals surface area contributed by atoms with Gasteiger partial charge in [0.05, 0.1) is 9.83 Å². The van der Waals surface area contributed by atoms with Gasteiger partial charge in [-0.3, -0.25) is 24.6 Å². The number of nitrogens with zero attached hydrogens (tertiary/aromatic N) is 2. The van der Waals surface area contributed by atoms with Crippen LogP contribution in [0.25, 0.3) is 17.4 Å². The van der Waals surface area contributed by atoms with Crippen LogP contribution >= 0.6 is 24.0 Å². The average molecular weight is 476 g/mol. The van der Waals surface area contributed by atoms with Crippen LogP contribution in [0.3, 0.4) is 0 Å². The standard InChI is InChI=1S/C20H16N2O8S2/c23-17(24)3-1-2-14(19(26)27)21-18(25)16(32-20(21)31)10-13-8-9-15(30-13)11-4-6-12(7-5-11)22(28)29/h4-10,14H,1-3H2,(H,23,24)(H,26,27). The van der Waals surface area contributed by atoms with E-state index in [0.29, 0.717) is 17.1 Å². The second-order valence-electron chi connectivity index (χ2n) is 6.70. The summed E-state index contributed by atoms with van der Waals surface area (Å²) in [5.74, 6) is -2.18. The van der Waals surface area contributed by atoms with E-state index < -0.39 is 28.8 Å². The Morgan fingerprint density at radius 2 is 1.91 bits per heavy atom. The van der Waals surface area contributed by atoms with Crippen LogP contribution in [0.15, 0.2) is 45.7 Å². The molecule has 0 radical (unpaired) electrons. The van der Waals surface area contributed by atoms with E-state index >= 15 is 0 Å². The predicted molar refractivity (Wildman–Crippen MR) is 119 cm³/mol. The van der Waals surface area contributed by atoms with Crippen LogP contribution in [0.4, 0.5) is 5.69 Å². The number of benzene rings is 1. The van der Waals surface area contributed by atoms with Crippen LogP contribution < -0.4 is 0 Å². The monoisotopic (exact) mass is 476 g/mol. The molecule has 2 N–H and O–H groups in total. The number of carbonyl (C=O) groups is 3. The maximum Gasteiger partial charge on any atom is 0.326 e. The molecule has 2 aromatic rings. The predicted octanol–water partition coefficient (Wildman–Crippen LogP) is 3.76. The van der Waals surface area contributed by atoms with Crippen molar-refractivity contribution >= 4 is 57.9 Å². The molecule has 1 aromatic heterocycles. The molecule has 10 nitrogen and oxygen atoms in total. The van der Waals surface area contributed by atoms with Crippen molar-refractivity contribution in [2.45, 2.75) is 25.3 Å². The Labute approximate surface area is 190 Å². The third kappa shape index (κ3) is 5.21. The number of carboxylic acid groups (broad SMARTS) is 2. The van der Waals surface area contributed by atoms with Gasteiger partial charge in [0.25, 0.3) is 11.6 Å². The summed E-state index contributed by atoms with van der Waals surface area (Å²) in [4.78, 5) is 46.6. The quantitative estimate of drug-likeness (QED) is 0.237. The maximum absolute atomic E-state index is 12.8. The summed E-state index contributed by atoms with van der Waals surface area (Å²) in [6.07, 6.45) is 1.25. The van der Waals surface area contributed by atoms with Gasteiger partial charge < -0.3 is 14.6 Å². The van der Waals surface area contributed by atoms with Crippen LogP contribution in [0, 0.1) is 10.1 Å². The molecule has 0 saturated carbocycles. The third-order valence-corrected chi connectivity index (χ3v) is 5.88. The van der Waals surface area contributed by atoms with Crippen molar-refractivity contribution in [1.82, 2.24) is 4.90 Å². The Morgan fingerprint density at radius 3 is 2.50 bits per heavy atom. The lowest BCUT2D eigenvalue weighted by atomic mass is 10.1. The van der Waals surface area contributed by atoms with Crippen molar-refractivity contribution in [3.8, 4) is 11.3 Å². The normalized spacial score (nSPS) is 15.9. The first-order valence-corrected chi connectivity index (χ1v) is 10.5. The summed E-state index contributed by atoms with van der Waals surface area (Å²) >= 11 is 6.11. The van der Waals surface area contributed by atoms with E-state index in [1.54, 1.807) is 12.1 Å². The summed E-state index contributed by atoms with van der Waals surface area (Å²) in [5, 5.41) is 29.0. The van der Waals surface area contributed by atoms with Crippen LogP contribution in [0.5, 0.6) is 0 Å². The van der Waals surface area contributed by atoms with Gasteiger partial charge in [-0.1, -0.05) is 24.0 Å². The molecule has 0 aliphatic carbocycles. The molecule has 166 valence electrons. The van der Waals surface area contributed by atoms with Gasteiger partial charge in [-0.15, -0.1) is 0 Å². The largest absolute Gasteiger partial charge is 0.481 e. The molecule has 1 aliphatic rings. The highest BCUT2D eigenvalue weighted by molar-refractivity contribution is 8.26. The van der Waals surface area contributed by atoms with E-state index in [-0.39, 0.29) is 34.2 Å². The maximum atomic E-state index is 12.8. The molecule has 0 spiro atoms. The van der Waals surface area contributed by atoms with E-state index in [1.165, 1.54) is 30.3 Å². The van der Waals surface area contributed by atoms with E-state index in [9.17, 15) is 29.6 Å². The van der Waals surface area contributed by atoms with Gasteiger partial charge in [-0.2, -0.15) is 0 Å². The first-order chi connectivity index (χ1) is 15.2.